The largest absolute Gasteiger partial charge is 0.497 e. The van der Waals surface area contributed by atoms with Gasteiger partial charge in [-0.1, -0.05) is 0 Å². The zero-order valence-corrected chi connectivity index (χ0v) is 12.8. The standard InChI is InChI=1S/C15H14O6S/c1-20-11-5-3-10(4-6-11)15(16)13-8-7-12(21-2)9-14(13)22(17,18)19/h3-9H,1-2H3,(H,17,18,19). The van der Waals surface area contributed by atoms with E-state index >= 15 is 0 Å². The molecule has 0 atom stereocenters. The number of rotatable bonds is 5. The molecule has 0 spiro atoms. The lowest BCUT2D eigenvalue weighted by Crippen LogP contribution is -2.10. The number of methoxy groups -OCH3 is 2. The first-order valence-electron chi connectivity index (χ1n) is 6.21. The van der Waals surface area contributed by atoms with Gasteiger partial charge >= 0.3 is 0 Å². The van der Waals surface area contributed by atoms with E-state index in [2.05, 4.69) is 0 Å². The zero-order chi connectivity index (χ0) is 16.3. The molecule has 6 nitrogen and oxygen atoms in total. The van der Waals surface area contributed by atoms with Gasteiger partial charge in [-0.2, -0.15) is 8.42 Å². The van der Waals surface area contributed by atoms with E-state index in [9.17, 15) is 17.8 Å². The van der Waals surface area contributed by atoms with Gasteiger partial charge in [-0.3, -0.25) is 9.35 Å². The van der Waals surface area contributed by atoms with Crippen molar-refractivity contribution < 1.29 is 27.2 Å². The highest BCUT2D eigenvalue weighted by Crippen LogP contribution is 2.25. The van der Waals surface area contributed by atoms with Crippen LogP contribution in [0.15, 0.2) is 47.4 Å². The molecule has 0 saturated heterocycles. The quantitative estimate of drug-likeness (QED) is 0.670. The molecule has 2 rings (SSSR count). The Kier molecular flexibility index (Phi) is 4.48. The lowest BCUT2D eigenvalue weighted by molar-refractivity contribution is 0.103. The van der Waals surface area contributed by atoms with Crippen molar-refractivity contribution in [3.8, 4) is 11.5 Å². The van der Waals surface area contributed by atoms with Crippen molar-refractivity contribution in [2.24, 2.45) is 0 Å². The van der Waals surface area contributed by atoms with Crippen LogP contribution in [0.4, 0.5) is 0 Å². The van der Waals surface area contributed by atoms with Crippen LogP contribution in [0, 0.1) is 0 Å². The Balaban J connectivity index is 2.53. The molecule has 0 fully saturated rings. The van der Waals surface area contributed by atoms with Gasteiger partial charge in [0, 0.05) is 17.2 Å². The maximum atomic E-state index is 12.5. The summed E-state index contributed by atoms with van der Waals surface area (Å²) >= 11 is 0. The normalized spacial score (nSPS) is 11.0. The fourth-order valence-corrected chi connectivity index (χ4v) is 2.63. The molecule has 0 heterocycles. The minimum Gasteiger partial charge on any atom is -0.497 e. The summed E-state index contributed by atoms with van der Waals surface area (Å²) in [6.45, 7) is 0. The van der Waals surface area contributed by atoms with Gasteiger partial charge in [0.2, 0.25) is 0 Å². The van der Waals surface area contributed by atoms with Gasteiger partial charge in [0.15, 0.2) is 5.78 Å². The first-order chi connectivity index (χ1) is 10.4. The summed E-state index contributed by atoms with van der Waals surface area (Å²) in [5, 5.41) is 0. The summed E-state index contributed by atoms with van der Waals surface area (Å²) < 4.78 is 42.2. The third kappa shape index (κ3) is 3.26. The lowest BCUT2D eigenvalue weighted by Gasteiger charge is -2.09. The third-order valence-corrected chi connectivity index (χ3v) is 3.96. The van der Waals surface area contributed by atoms with Gasteiger partial charge in [-0.05, 0) is 36.4 Å². The van der Waals surface area contributed by atoms with Crippen molar-refractivity contribution in [3.63, 3.8) is 0 Å². The highest BCUT2D eigenvalue weighted by atomic mass is 32.2. The molecular formula is C15H14O6S. The number of ketones is 1. The molecule has 0 aromatic heterocycles. The van der Waals surface area contributed by atoms with Crippen molar-refractivity contribution in [3.05, 3.63) is 53.6 Å². The van der Waals surface area contributed by atoms with Gasteiger partial charge in [0.25, 0.3) is 10.1 Å². The van der Waals surface area contributed by atoms with Crippen LogP contribution in [0.2, 0.25) is 0 Å². The van der Waals surface area contributed by atoms with Gasteiger partial charge in [-0.25, -0.2) is 0 Å². The van der Waals surface area contributed by atoms with E-state index in [1.807, 2.05) is 0 Å². The Bertz CT molecular complexity index is 793. The minimum atomic E-state index is -4.56. The Morgan fingerprint density at radius 3 is 2.00 bits per heavy atom. The summed E-state index contributed by atoms with van der Waals surface area (Å²) in [6.07, 6.45) is 0. The molecule has 7 heteroatoms. The number of carbonyl (C=O) groups excluding carboxylic acids is 1. The monoisotopic (exact) mass is 322 g/mol. The van der Waals surface area contributed by atoms with E-state index in [0.717, 1.165) is 6.07 Å². The van der Waals surface area contributed by atoms with Crippen LogP contribution in [0.3, 0.4) is 0 Å². The summed E-state index contributed by atoms with van der Waals surface area (Å²) in [4.78, 5) is 12.0. The van der Waals surface area contributed by atoms with Crippen LogP contribution >= 0.6 is 0 Å². The first kappa shape index (κ1) is 16.0. The molecule has 0 aliphatic carbocycles. The SMILES string of the molecule is COc1ccc(C(=O)c2ccc(OC)cc2S(=O)(=O)O)cc1. The molecule has 116 valence electrons. The predicted octanol–water partition coefficient (Wildman–Crippen LogP) is 2.18. The van der Waals surface area contributed by atoms with Crippen molar-refractivity contribution in [1.82, 2.24) is 0 Å². The fraction of sp³-hybridized carbons (Fsp3) is 0.133. The second-order valence-electron chi connectivity index (χ2n) is 4.39. The summed E-state index contributed by atoms with van der Waals surface area (Å²) in [6, 6.07) is 10.1. The van der Waals surface area contributed by atoms with Crippen LogP contribution in [-0.2, 0) is 10.1 Å². The molecule has 0 unspecified atom stereocenters. The van der Waals surface area contributed by atoms with E-state index in [-0.39, 0.29) is 16.9 Å². The van der Waals surface area contributed by atoms with Gasteiger partial charge in [0.05, 0.1) is 14.2 Å². The Labute approximate surface area is 128 Å². The maximum absolute atomic E-state index is 12.5. The molecule has 0 radical (unpaired) electrons. The molecule has 2 aromatic carbocycles. The van der Waals surface area contributed by atoms with E-state index in [1.165, 1.54) is 38.5 Å². The van der Waals surface area contributed by atoms with Crippen LogP contribution in [0.1, 0.15) is 15.9 Å². The molecule has 0 aliphatic heterocycles. The lowest BCUT2D eigenvalue weighted by atomic mass is 10.0. The molecule has 0 amide bonds. The second-order valence-corrected chi connectivity index (χ2v) is 5.78. The van der Waals surface area contributed by atoms with Crippen molar-refractivity contribution in [2.45, 2.75) is 4.90 Å². The molecule has 2 aromatic rings. The minimum absolute atomic E-state index is 0.131. The Morgan fingerprint density at radius 1 is 0.955 bits per heavy atom. The average Bonchev–Trinajstić information content (AvgIpc) is 2.53. The molecule has 0 aliphatic rings. The van der Waals surface area contributed by atoms with Crippen molar-refractivity contribution in [1.29, 1.82) is 0 Å². The fourth-order valence-electron chi connectivity index (χ4n) is 1.93. The van der Waals surface area contributed by atoms with Gasteiger partial charge in [0.1, 0.15) is 16.4 Å². The molecular weight excluding hydrogens is 308 g/mol. The van der Waals surface area contributed by atoms with E-state index in [0.29, 0.717) is 5.75 Å². The second kappa shape index (κ2) is 6.17. The van der Waals surface area contributed by atoms with Crippen LogP contribution in [0.25, 0.3) is 0 Å². The van der Waals surface area contributed by atoms with E-state index in [4.69, 9.17) is 9.47 Å². The van der Waals surface area contributed by atoms with Crippen molar-refractivity contribution >= 4 is 15.9 Å². The number of hydrogen-bond donors (Lipinski definition) is 1. The first-order valence-corrected chi connectivity index (χ1v) is 7.65. The highest BCUT2D eigenvalue weighted by molar-refractivity contribution is 7.86. The summed E-state index contributed by atoms with van der Waals surface area (Å²) in [7, 11) is -1.71. The van der Waals surface area contributed by atoms with Crippen molar-refractivity contribution in [2.75, 3.05) is 14.2 Å². The number of hydrogen-bond acceptors (Lipinski definition) is 5. The molecule has 1 N–H and O–H groups in total. The topological polar surface area (TPSA) is 89.9 Å². The zero-order valence-electron chi connectivity index (χ0n) is 11.9. The van der Waals surface area contributed by atoms with E-state index < -0.39 is 20.8 Å². The highest BCUT2D eigenvalue weighted by Gasteiger charge is 2.22. The summed E-state index contributed by atoms with van der Waals surface area (Å²) in [5.41, 5.74) is 0.143. The number of ether oxygens (including phenoxy) is 2. The molecule has 0 saturated carbocycles. The molecule has 0 bridgehead atoms. The molecule has 22 heavy (non-hydrogen) atoms. The average molecular weight is 322 g/mol. The number of carbonyl (C=O) groups is 1. The Hall–Kier alpha value is -2.38. The predicted molar refractivity (Wildman–Crippen MR) is 79.2 cm³/mol. The van der Waals surface area contributed by atoms with Crippen LogP contribution in [-0.4, -0.2) is 33.0 Å². The van der Waals surface area contributed by atoms with Gasteiger partial charge < -0.3 is 9.47 Å². The third-order valence-electron chi connectivity index (χ3n) is 3.06. The van der Waals surface area contributed by atoms with Crippen LogP contribution in [0.5, 0.6) is 11.5 Å². The summed E-state index contributed by atoms with van der Waals surface area (Å²) in [5.74, 6) is 0.262. The smallest absolute Gasteiger partial charge is 0.295 e. The van der Waals surface area contributed by atoms with Gasteiger partial charge in [-0.15, -0.1) is 0 Å². The number of benzene rings is 2. The Morgan fingerprint density at radius 2 is 1.50 bits per heavy atom. The van der Waals surface area contributed by atoms with Crippen LogP contribution < -0.4 is 9.47 Å². The van der Waals surface area contributed by atoms with E-state index in [1.54, 1.807) is 12.1 Å². The maximum Gasteiger partial charge on any atom is 0.295 e.